The Bertz CT molecular complexity index is 740. The molecule has 2 fully saturated rings. The molecule has 1 saturated carbocycles. The van der Waals surface area contributed by atoms with Crippen molar-refractivity contribution in [3.8, 4) is 0 Å². The van der Waals surface area contributed by atoms with Crippen molar-refractivity contribution in [1.82, 2.24) is 5.32 Å². The number of methoxy groups -OCH3 is 1. The summed E-state index contributed by atoms with van der Waals surface area (Å²) in [7, 11) is 1.37. The largest absolute Gasteiger partial charge is 0.468 e. The number of esters is 1. The van der Waals surface area contributed by atoms with Gasteiger partial charge in [-0.15, -0.1) is 0 Å². The number of benzene rings is 1. The van der Waals surface area contributed by atoms with Crippen LogP contribution in [-0.4, -0.2) is 24.9 Å². The van der Waals surface area contributed by atoms with Crippen LogP contribution >= 0.6 is 0 Å². The fourth-order valence-corrected chi connectivity index (χ4v) is 4.16. The number of furan rings is 1. The minimum atomic E-state index is -0.567. The molecule has 1 aliphatic carbocycles. The lowest BCUT2D eigenvalue weighted by Gasteiger charge is -2.46. The summed E-state index contributed by atoms with van der Waals surface area (Å²) in [5.41, 5.74) is 0.421. The SMILES string of the molecule is COC(=O)[C@H]1N[C@@H](c2ccco2)[C@H]2C(=O)C[C@@]12c1ccccc1. The second-order valence-electron chi connectivity index (χ2n) is 6.14. The van der Waals surface area contributed by atoms with Crippen molar-refractivity contribution >= 4 is 11.8 Å². The summed E-state index contributed by atoms with van der Waals surface area (Å²) in [6, 6.07) is 12.5. The van der Waals surface area contributed by atoms with Crippen molar-refractivity contribution in [1.29, 1.82) is 0 Å². The van der Waals surface area contributed by atoms with Crippen LogP contribution in [0.1, 0.15) is 23.8 Å². The van der Waals surface area contributed by atoms with Gasteiger partial charge in [-0.2, -0.15) is 0 Å². The molecule has 23 heavy (non-hydrogen) atoms. The van der Waals surface area contributed by atoms with Crippen molar-refractivity contribution in [2.24, 2.45) is 5.92 Å². The predicted molar refractivity (Wildman–Crippen MR) is 81.6 cm³/mol. The third kappa shape index (κ3) is 1.83. The van der Waals surface area contributed by atoms with Crippen LogP contribution in [0, 0.1) is 5.92 Å². The van der Waals surface area contributed by atoms with Crippen LogP contribution in [0.2, 0.25) is 0 Å². The normalized spacial score (nSPS) is 32.2. The zero-order chi connectivity index (χ0) is 16.0. The van der Waals surface area contributed by atoms with E-state index >= 15 is 0 Å². The average Bonchev–Trinajstić information content (AvgIpc) is 3.18. The smallest absolute Gasteiger partial charge is 0.323 e. The van der Waals surface area contributed by atoms with Gasteiger partial charge in [-0.25, -0.2) is 0 Å². The molecule has 5 heteroatoms. The van der Waals surface area contributed by atoms with Gasteiger partial charge in [-0.3, -0.25) is 14.9 Å². The zero-order valence-corrected chi connectivity index (χ0v) is 12.7. The van der Waals surface area contributed by atoms with Gasteiger partial charge in [0.05, 0.1) is 25.3 Å². The molecular weight excluding hydrogens is 294 g/mol. The maximum Gasteiger partial charge on any atom is 0.323 e. The highest BCUT2D eigenvalue weighted by atomic mass is 16.5. The fourth-order valence-electron chi connectivity index (χ4n) is 4.16. The van der Waals surface area contributed by atoms with Crippen LogP contribution in [-0.2, 0) is 19.7 Å². The second-order valence-corrected chi connectivity index (χ2v) is 6.14. The molecule has 0 radical (unpaired) electrons. The molecule has 4 atom stereocenters. The predicted octanol–water partition coefficient (Wildman–Crippen LogP) is 1.99. The van der Waals surface area contributed by atoms with Crippen LogP contribution < -0.4 is 5.32 Å². The number of Topliss-reactive ketones (excluding diaryl/α,β-unsaturated/α-hetero) is 1. The van der Waals surface area contributed by atoms with Crippen LogP contribution in [0.25, 0.3) is 0 Å². The second kappa shape index (κ2) is 5.06. The van der Waals surface area contributed by atoms with Gasteiger partial charge in [0.15, 0.2) is 0 Å². The molecule has 1 aromatic carbocycles. The van der Waals surface area contributed by atoms with E-state index in [1.807, 2.05) is 36.4 Å². The number of ketones is 1. The molecule has 5 nitrogen and oxygen atoms in total. The van der Waals surface area contributed by atoms with E-state index in [-0.39, 0.29) is 23.7 Å². The molecule has 1 N–H and O–H groups in total. The standard InChI is InChI=1S/C18H17NO4/c1-22-17(21)16-18(11-6-3-2-4-7-11)10-12(20)14(18)15(19-16)13-8-5-9-23-13/h2-9,14-16,19H,10H2,1H3/t14-,15+,16-,18+/m1/s1. The van der Waals surface area contributed by atoms with Crippen molar-refractivity contribution in [2.75, 3.05) is 7.11 Å². The molecule has 2 aliphatic rings. The first kappa shape index (κ1) is 14.2. The number of nitrogens with one attached hydrogen (secondary N) is 1. The van der Waals surface area contributed by atoms with Crippen molar-refractivity contribution in [2.45, 2.75) is 23.9 Å². The molecule has 118 valence electrons. The Morgan fingerprint density at radius 1 is 1.26 bits per heavy atom. The number of carbonyl (C=O) groups is 2. The van der Waals surface area contributed by atoms with Crippen LogP contribution in [0.4, 0.5) is 0 Å². The van der Waals surface area contributed by atoms with E-state index in [1.54, 1.807) is 12.3 Å². The molecule has 2 aromatic rings. The van der Waals surface area contributed by atoms with Gasteiger partial charge in [0.1, 0.15) is 17.6 Å². The van der Waals surface area contributed by atoms with Crippen molar-refractivity contribution in [3.63, 3.8) is 0 Å². The molecule has 0 unspecified atom stereocenters. The van der Waals surface area contributed by atoms with Gasteiger partial charge < -0.3 is 9.15 Å². The van der Waals surface area contributed by atoms with E-state index in [0.29, 0.717) is 12.2 Å². The highest BCUT2D eigenvalue weighted by molar-refractivity contribution is 5.97. The number of hydrogen-bond acceptors (Lipinski definition) is 5. The van der Waals surface area contributed by atoms with Gasteiger partial charge in [0.2, 0.25) is 0 Å². The first-order chi connectivity index (χ1) is 11.2. The quantitative estimate of drug-likeness (QED) is 0.878. The molecule has 0 bridgehead atoms. The van der Waals surface area contributed by atoms with Crippen molar-refractivity contribution < 1.29 is 18.7 Å². The van der Waals surface area contributed by atoms with Gasteiger partial charge in [0.25, 0.3) is 0 Å². The Hall–Kier alpha value is -2.40. The number of fused-ring (bicyclic) bond motifs is 1. The lowest BCUT2D eigenvalue weighted by Crippen LogP contribution is -2.58. The number of rotatable bonds is 3. The lowest BCUT2D eigenvalue weighted by atomic mass is 9.53. The number of ether oxygens (including phenoxy) is 1. The Kier molecular flexibility index (Phi) is 3.13. The highest BCUT2D eigenvalue weighted by Crippen LogP contribution is 2.58. The molecular formula is C18H17NO4. The number of carbonyl (C=O) groups excluding carboxylic acids is 2. The molecule has 2 heterocycles. The summed E-state index contributed by atoms with van der Waals surface area (Å²) in [5.74, 6) is 0.157. The summed E-state index contributed by atoms with van der Waals surface area (Å²) >= 11 is 0. The fraction of sp³-hybridized carbons (Fsp3) is 0.333. The monoisotopic (exact) mass is 311 g/mol. The van der Waals surface area contributed by atoms with E-state index in [1.165, 1.54) is 7.11 Å². The van der Waals surface area contributed by atoms with E-state index in [9.17, 15) is 9.59 Å². The highest BCUT2D eigenvalue weighted by Gasteiger charge is 2.69. The summed E-state index contributed by atoms with van der Waals surface area (Å²) in [5, 5.41) is 3.29. The van der Waals surface area contributed by atoms with Crippen molar-refractivity contribution in [3.05, 3.63) is 60.1 Å². The van der Waals surface area contributed by atoms with E-state index in [2.05, 4.69) is 5.32 Å². The van der Waals surface area contributed by atoms with Gasteiger partial charge in [-0.05, 0) is 17.7 Å². The van der Waals surface area contributed by atoms with Gasteiger partial charge in [-0.1, -0.05) is 30.3 Å². The molecule has 4 rings (SSSR count). The summed E-state index contributed by atoms with van der Waals surface area (Å²) in [4.78, 5) is 24.8. The topological polar surface area (TPSA) is 68.5 Å². The lowest BCUT2D eigenvalue weighted by molar-refractivity contribution is -0.148. The minimum Gasteiger partial charge on any atom is -0.468 e. The zero-order valence-electron chi connectivity index (χ0n) is 12.7. The summed E-state index contributed by atoms with van der Waals surface area (Å²) in [6.07, 6.45) is 1.92. The third-order valence-electron chi connectivity index (χ3n) is 5.16. The average molecular weight is 311 g/mol. The Balaban J connectivity index is 1.84. The first-order valence-corrected chi connectivity index (χ1v) is 7.64. The maximum absolute atomic E-state index is 12.4. The van der Waals surface area contributed by atoms with E-state index in [0.717, 1.165) is 5.56 Å². The summed E-state index contributed by atoms with van der Waals surface area (Å²) < 4.78 is 10.5. The molecule has 1 saturated heterocycles. The molecule has 0 amide bonds. The first-order valence-electron chi connectivity index (χ1n) is 7.64. The Labute approximate surface area is 133 Å². The van der Waals surface area contributed by atoms with Gasteiger partial charge >= 0.3 is 5.97 Å². The minimum absolute atomic E-state index is 0.147. The summed E-state index contributed by atoms with van der Waals surface area (Å²) in [6.45, 7) is 0. The number of hydrogen-bond donors (Lipinski definition) is 1. The Morgan fingerprint density at radius 2 is 2.04 bits per heavy atom. The van der Waals surface area contributed by atoms with Crippen LogP contribution in [0.3, 0.4) is 0 Å². The molecule has 1 aromatic heterocycles. The third-order valence-corrected chi connectivity index (χ3v) is 5.16. The molecule has 1 aliphatic heterocycles. The van der Waals surface area contributed by atoms with E-state index < -0.39 is 11.5 Å². The van der Waals surface area contributed by atoms with Gasteiger partial charge in [0, 0.05) is 11.8 Å². The van der Waals surface area contributed by atoms with Crippen LogP contribution in [0.15, 0.2) is 53.1 Å². The molecule has 0 spiro atoms. The van der Waals surface area contributed by atoms with Crippen LogP contribution in [0.5, 0.6) is 0 Å². The maximum atomic E-state index is 12.4. The Morgan fingerprint density at radius 3 is 2.65 bits per heavy atom. The van der Waals surface area contributed by atoms with E-state index in [4.69, 9.17) is 9.15 Å².